The molecular weight excluding hydrogens is 640 g/mol. The lowest BCUT2D eigenvalue weighted by Gasteiger charge is -2.50. The van der Waals surface area contributed by atoms with Gasteiger partial charge < -0.3 is 30.5 Å². The molecule has 0 unspecified atom stereocenters. The number of fused-ring (bicyclic) bond motifs is 1. The fourth-order valence-electron chi connectivity index (χ4n) is 8.13. The lowest BCUT2D eigenvalue weighted by molar-refractivity contribution is -0.255. The maximum Gasteiger partial charge on any atom is 0.315 e. The Balaban J connectivity index is 1.27. The number of hydrogen-bond donors (Lipinski definition) is 4. The number of aliphatic hydroxyl groups excluding tert-OH is 1. The van der Waals surface area contributed by atoms with Crippen molar-refractivity contribution in [1.29, 1.82) is 0 Å². The standard InChI is InChI=1S/C42H56N4O5/c1-5-43-41(49)44-25-29-10-8-12-32(22-29)33-13-9-14-34(23-33)40-50-35(24-38(51-40)31-18-16-28(27-47)17-19-31)26-46-36-15-7-6-11-30(36)20-21-37(46)39(48)45-42(2,3)4/h8-10,12-14,16-19,22-23,30,35-38,40,47H,5-7,11,15,20-21,24-27H2,1-4H3,(H,45,48)(H2,43,44,49)/t30-,35+,36-,37-,38-,40-/m1/s1. The van der Waals surface area contributed by atoms with Gasteiger partial charge in [0.1, 0.15) is 0 Å². The number of hydrogen-bond acceptors (Lipinski definition) is 6. The predicted molar refractivity (Wildman–Crippen MR) is 200 cm³/mol. The average molecular weight is 697 g/mol. The van der Waals surface area contributed by atoms with Crippen molar-refractivity contribution in [1.82, 2.24) is 20.9 Å². The van der Waals surface area contributed by atoms with E-state index in [1.165, 1.54) is 19.3 Å². The largest absolute Gasteiger partial charge is 0.392 e. The van der Waals surface area contributed by atoms with Crippen LogP contribution in [0.2, 0.25) is 0 Å². The molecular formula is C42H56N4O5. The van der Waals surface area contributed by atoms with Gasteiger partial charge in [-0.15, -0.1) is 0 Å². The molecule has 6 atom stereocenters. The SMILES string of the molecule is CCNC(=O)NCc1cccc(-c2cccc([C@@H]3O[C@H](CN4[C@@H](C(=O)NC(C)(C)C)CC[C@H]5CCCC[C@H]54)C[C@H](c4ccc(CO)cc4)O3)c2)c1. The highest BCUT2D eigenvalue weighted by molar-refractivity contribution is 5.82. The maximum absolute atomic E-state index is 13.8. The minimum atomic E-state index is -0.609. The first-order valence-corrected chi connectivity index (χ1v) is 18.9. The Morgan fingerprint density at radius 2 is 1.59 bits per heavy atom. The van der Waals surface area contributed by atoms with Gasteiger partial charge in [0.25, 0.3) is 0 Å². The van der Waals surface area contributed by atoms with Crippen LogP contribution in [0.25, 0.3) is 11.1 Å². The fourth-order valence-corrected chi connectivity index (χ4v) is 8.13. The van der Waals surface area contributed by atoms with Crippen molar-refractivity contribution < 1.29 is 24.2 Å². The summed E-state index contributed by atoms with van der Waals surface area (Å²) in [5, 5.41) is 18.7. The molecule has 2 saturated heterocycles. The second kappa shape index (κ2) is 16.7. The number of likely N-dealkylation sites (tertiary alicyclic amines) is 1. The van der Waals surface area contributed by atoms with E-state index < -0.39 is 6.29 Å². The Morgan fingerprint density at radius 3 is 2.33 bits per heavy atom. The number of nitrogens with zero attached hydrogens (tertiary/aromatic N) is 1. The second-order valence-electron chi connectivity index (χ2n) is 15.5. The van der Waals surface area contributed by atoms with E-state index in [2.05, 4.69) is 51.2 Å². The van der Waals surface area contributed by atoms with Crippen molar-refractivity contribution >= 4 is 11.9 Å². The molecule has 274 valence electrons. The molecule has 0 aromatic heterocycles. The summed E-state index contributed by atoms with van der Waals surface area (Å²) in [7, 11) is 0. The Morgan fingerprint density at radius 1 is 0.843 bits per heavy atom. The van der Waals surface area contributed by atoms with E-state index in [4.69, 9.17) is 9.47 Å². The predicted octanol–water partition coefficient (Wildman–Crippen LogP) is 7.15. The Bertz CT molecular complexity index is 1620. The van der Waals surface area contributed by atoms with E-state index in [1.54, 1.807) is 0 Å². The average Bonchev–Trinajstić information content (AvgIpc) is 3.13. The van der Waals surface area contributed by atoms with Gasteiger partial charge in [0.05, 0.1) is 24.9 Å². The van der Waals surface area contributed by atoms with Gasteiger partial charge in [0, 0.05) is 43.2 Å². The highest BCUT2D eigenvalue weighted by Gasteiger charge is 2.44. The van der Waals surface area contributed by atoms with Crippen LogP contribution >= 0.6 is 0 Å². The summed E-state index contributed by atoms with van der Waals surface area (Å²) < 4.78 is 13.7. The molecule has 9 nitrogen and oxygen atoms in total. The molecule has 6 rings (SSSR count). The second-order valence-corrected chi connectivity index (χ2v) is 15.5. The minimum absolute atomic E-state index is 0.00824. The molecule has 2 aliphatic heterocycles. The van der Waals surface area contributed by atoms with Gasteiger partial charge in [-0.3, -0.25) is 9.69 Å². The van der Waals surface area contributed by atoms with Gasteiger partial charge in [-0.05, 0) is 99.2 Å². The molecule has 4 N–H and O–H groups in total. The Hall–Kier alpha value is -3.76. The number of carbonyl (C=O) groups is 2. The normalized spacial score (nSPS) is 25.4. The van der Waals surface area contributed by atoms with Crippen LogP contribution in [0.5, 0.6) is 0 Å². The number of piperidine rings is 1. The van der Waals surface area contributed by atoms with Crippen molar-refractivity contribution in [2.45, 2.75) is 122 Å². The number of ether oxygens (including phenoxy) is 2. The summed E-state index contributed by atoms with van der Waals surface area (Å²) in [5.41, 5.74) is 5.61. The van der Waals surface area contributed by atoms with Crippen molar-refractivity contribution in [3.8, 4) is 11.1 Å². The summed E-state index contributed by atoms with van der Waals surface area (Å²) in [6.07, 6.45) is 6.42. The molecule has 0 bridgehead atoms. The Kier molecular flexibility index (Phi) is 12.1. The van der Waals surface area contributed by atoms with E-state index >= 15 is 0 Å². The number of carbonyl (C=O) groups excluding carboxylic acids is 2. The maximum atomic E-state index is 13.8. The van der Waals surface area contributed by atoms with Gasteiger partial charge in [0.15, 0.2) is 6.29 Å². The van der Waals surface area contributed by atoms with Crippen molar-refractivity contribution in [2.75, 3.05) is 13.1 Å². The molecule has 0 radical (unpaired) electrons. The molecule has 0 spiro atoms. The van der Waals surface area contributed by atoms with Gasteiger partial charge in [-0.1, -0.05) is 73.5 Å². The van der Waals surface area contributed by atoms with Crippen LogP contribution in [0.15, 0.2) is 72.8 Å². The number of rotatable bonds is 10. The smallest absolute Gasteiger partial charge is 0.315 e. The van der Waals surface area contributed by atoms with E-state index in [1.807, 2.05) is 70.2 Å². The Labute approximate surface area is 303 Å². The molecule has 3 aromatic carbocycles. The summed E-state index contributed by atoms with van der Waals surface area (Å²) in [6.45, 7) is 9.70. The molecule has 3 aromatic rings. The highest BCUT2D eigenvalue weighted by atomic mass is 16.7. The molecule has 1 saturated carbocycles. The molecule has 3 fully saturated rings. The zero-order valence-corrected chi connectivity index (χ0v) is 30.7. The van der Waals surface area contributed by atoms with E-state index in [0.717, 1.165) is 52.6 Å². The number of urea groups is 1. The van der Waals surface area contributed by atoms with Crippen LogP contribution in [-0.4, -0.2) is 58.8 Å². The first-order valence-electron chi connectivity index (χ1n) is 18.9. The monoisotopic (exact) mass is 696 g/mol. The summed E-state index contributed by atoms with van der Waals surface area (Å²) >= 11 is 0. The van der Waals surface area contributed by atoms with Crippen molar-refractivity contribution in [2.24, 2.45) is 5.92 Å². The third-order valence-electron chi connectivity index (χ3n) is 10.5. The zero-order valence-electron chi connectivity index (χ0n) is 30.7. The van der Waals surface area contributed by atoms with Crippen LogP contribution in [0, 0.1) is 5.92 Å². The van der Waals surface area contributed by atoms with Gasteiger partial charge in [-0.25, -0.2) is 4.79 Å². The number of benzene rings is 3. The van der Waals surface area contributed by atoms with E-state index in [0.29, 0.717) is 38.0 Å². The van der Waals surface area contributed by atoms with Crippen molar-refractivity contribution in [3.05, 3.63) is 95.1 Å². The first-order chi connectivity index (χ1) is 24.6. The zero-order chi connectivity index (χ0) is 36.0. The third kappa shape index (κ3) is 9.57. The fraction of sp³-hybridized carbons (Fsp3) is 0.524. The molecule has 51 heavy (non-hydrogen) atoms. The molecule has 9 heteroatoms. The topological polar surface area (TPSA) is 112 Å². The summed E-state index contributed by atoms with van der Waals surface area (Å²) in [5.74, 6) is 0.723. The van der Waals surface area contributed by atoms with E-state index in [9.17, 15) is 14.7 Å². The summed E-state index contributed by atoms with van der Waals surface area (Å²) in [6, 6.07) is 24.5. The highest BCUT2D eigenvalue weighted by Crippen LogP contribution is 2.42. The molecule has 1 aliphatic carbocycles. The van der Waals surface area contributed by atoms with Crippen LogP contribution < -0.4 is 16.0 Å². The first kappa shape index (κ1) is 37.0. The van der Waals surface area contributed by atoms with Crippen LogP contribution in [0.3, 0.4) is 0 Å². The van der Waals surface area contributed by atoms with Crippen LogP contribution in [-0.2, 0) is 27.4 Å². The quantitative estimate of drug-likeness (QED) is 0.179. The number of amides is 3. The molecule has 2 heterocycles. The van der Waals surface area contributed by atoms with Crippen LogP contribution in [0.1, 0.15) is 107 Å². The molecule has 3 amide bonds. The number of aliphatic hydroxyl groups is 1. The number of nitrogens with one attached hydrogen (secondary N) is 3. The lowest BCUT2D eigenvalue weighted by Crippen LogP contribution is -2.61. The lowest BCUT2D eigenvalue weighted by atomic mass is 9.75. The van der Waals surface area contributed by atoms with Crippen molar-refractivity contribution in [3.63, 3.8) is 0 Å². The van der Waals surface area contributed by atoms with E-state index in [-0.39, 0.29) is 42.3 Å². The summed E-state index contributed by atoms with van der Waals surface area (Å²) in [4.78, 5) is 28.3. The minimum Gasteiger partial charge on any atom is -0.392 e. The van der Waals surface area contributed by atoms with Gasteiger partial charge >= 0.3 is 6.03 Å². The third-order valence-corrected chi connectivity index (χ3v) is 10.5. The van der Waals surface area contributed by atoms with Gasteiger partial charge in [0.2, 0.25) is 5.91 Å². The van der Waals surface area contributed by atoms with Gasteiger partial charge in [-0.2, -0.15) is 0 Å². The van der Waals surface area contributed by atoms with Crippen LogP contribution in [0.4, 0.5) is 4.79 Å². The molecule has 3 aliphatic rings.